The van der Waals surface area contributed by atoms with E-state index in [1.54, 1.807) is 48.2 Å². The molecule has 0 saturated carbocycles. The van der Waals surface area contributed by atoms with Crippen molar-refractivity contribution in [2.24, 2.45) is 0 Å². The van der Waals surface area contributed by atoms with Crippen molar-refractivity contribution in [3.05, 3.63) is 77.3 Å². The van der Waals surface area contributed by atoms with Gasteiger partial charge in [-0.15, -0.1) is 11.8 Å². The van der Waals surface area contributed by atoms with Crippen molar-refractivity contribution in [1.82, 2.24) is 4.31 Å². The highest BCUT2D eigenvalue weighted by atomic mass is 35.5. The average Bonchev–Trinajstić information content (AvgIpc) is 2.83. The molecule has 0 aliphatic rings. The van der Waals surface area contributed by atoms with Crippen LogP contribution in [0.2, 0.25) is 5.02 Å². The number of hydrogen-bond acceptors (Lipinski definition) is 5. The lowest BCUT2D eigenvalue weighted by Gasteiger charge is -2.22. The fourth-order valence-corrected chi connectivity index (χ4v) is 6.40. The molecule has 35 heavy (non-hydrogen) atoms. The van der Waals surface area contributed by atoms with Gasteiger partial charge < -0.3 is 9.84 Å². The Morgan fingerprint density at radius 3 is 2.40 bits per heavy atom. The number of carboxylic acids is 1. The molecule has 3 aromatic carbocycles. The molecule has 6 nitrogen and oxygen atoms in total. The van der Waals surface area contributed by atoms with Crippen molar-refractivity contribution < 1.29 is 23.1 Å². The van der Waals surface area contributed by atoms with E-state index in [-0.39, 0.29) is 4.90 Å². The number of nitrogens with zero attached hydrogens (tertiary/aromatic N) is 1. The average molecular weight is 534 g/mol. The van der Waals surface area contributed by atoms with E-state index in [1.807, 2.05) is 44.2 Å². The molecule has 0 aromatic heterocycles. The molecule has 0 heterocycles. The van der Waals surface area contributed by atoms with Crippen LogP contribution < -0.4 is 4.74 Å². The Balaban J connectivity index is 1.67. The molecule has 3 rings (SSSR count). The van der Waals surface area contributed by atoms with Crippen LogP contribution in [0.4, 0.5) is 0 Å². The molecular formula is C26H28ClNO5S2. The minimum Gasteiger partial charge on any atom is -0.482 e. The van der Waals surface area contributed by atoms with E-state index in [9.17, 15) is 13.2 Å². The van der Waals surface area contributed by atoms with Crippen LogP contribution in [0, 0.1) is 6.92 Å². The molecule has 1 N–H and O–H groups in total. The Bertz CT molecular complexity index is 1260. The van der Waals surface area contributed by atoms with Crippen molar-refractivity contribution >= 4 is 39.4 Å². The second-order valence-electron chi connectivity index (χ2n) is 7.87. The van der Waals surface area contributed by atoms with Crippen LogP contribution in [0.5, 0.6) is 5.75 Å². The van der Waals surface area contributed by atoms with Gasteiger partial charge in [0.15, 0.2) is 6.61 Å². The molecule has 9 heteroatoms. The van der Waals surface area contributed by atoms with Crippen molar-refractivity contribution in [3.63, 3.8) is 0 Å². The van der Waals surface area contributed by atoms with Crippen LogP contribution in [0.15, 0.2) is 76.5 Å². The van der Waals surface area contributed by atoms with Gasteiger partial charge in [-0.1, -0.05) is 48.9 Å². The molecule has 0 saturated heterocycles. The van der Waals surface area contributed by atoms with Crippen LogP contribution in [-0.4, -0.2) is 49.2 Å². The molecule has 0 atom stereocenters. The van der Waals surface area contributed by atoms with Gasteiger partial charge in [-0.25, -0.2) is 13.2 Å². The maximum Gasteiger partial charge on any atom is 0.341 e. The van der Waals surface area contributed by atoms with E-state index in [4.69, 9.17) is 21.4 Å². The lowest BCUT2D eigenvalue weighted by Crippen LogP contribution is -2.33. The Labute approximate surface area is 215 Å². The number of sulfonamides is 1. The number of carbonyl (C=O) groups is 1. The molecule has 0 fully saturated rings. The van der Waals surface area contributed by atoms with Crippen molar-refractivity contribution in [1.29, 1.82) is 0 Å². The van der Waals surface area contributed by atoms with Gasteiger partial charge in [-0.2, -0.15) is 4.31 Å². The third-order valence-electron chi connectivity index (χ3n) is 5.26. The summed E-state index contributed by atoms with van der Waals surface area (Å²) in [5.41, 5.74) is 2.54. The Kier molecular flexibility index (Phi) is 9.63. The van der Waals surface area contributed by atoms with Crippen LogP contribution >= 0.6 is 23.4 Å². The summed E-state index contributed by atoms with van der Waals surface area (Å²) in [7, 11) is -3.65. The van der Waals surface area contributed by atoms with Gasteiger partial charge in [0.2, 0.25) is 10.0 Å². The third kappa shape index (κ3) is 7.24. The molecule has 0 amide bonds. The maximum atomic E-state index is 13.3. The minimum atomic E-state index is -3.65. The molecule has 0 aliphatic heterocycles. The van der Waals surface area contributed by atoms with Crippen LogP contribution in [0.1, 0.15) is 18.9 Å². The first kappa shape index (κ1) is 27.1. The first-order chi connectivity index (χ1) is 16.7. The Morgan fingerprint density at radius 2 is 1.77 bits per heavy atom. The number of aryl methyl sites for hydroxylation is 1. The van der Waals surface area contributed by atoms with E-state index in [2.05, 4.69) is 0 Å². The quantitative estimate of drug-likeness (QED) is 0.289. The zero-order valence-corrected chi connectivity index (χ0v) is 22.0. The molecule has 0 bridgehead atoms. The van der Waals surface area contributed by atoms with Gasteiger partial charge in [0.25, 0.3) is 0 Å². The van der Waals surface area contributed by atoms with E-state index < -0.39 is 22.6 Å². The van der Waals surface area contributed by atoms with E-state index >= 15 is 0 Å². The van der Waals surface area contributed by atoms with Gasteiger partial charge in [0, 0.05) is 34.3 Å². The van der Waals surface area contributed by atoms with Crippen molar-refractivity contribution in [2.45, 2.75) is 30.1 Å². The highest BCUT2D eigenvalue weighted by molar-refractivity contribution is 7.99. The molecule has 0 unspecified atom stereocenters. The fraction of sp³-hybridized carbons (Fsp3) is 0.269. The summed E-state index contributed by atoms with van der Waals surface area (Å²) in [6.45, 7) is 4.20. The monoisotopic (exact) mass is 533 g/mol. The van der Waals surface area contributed by atoms with Crippen molar-refractivity contribution in [2.75, 3.05) is 25.4 Å². The summed E-state index contributed by atoms with van der Waals surface area (Å²) in [6.07, 6.45) is 0.705. The summed E-state index contributed by atoms with van der Waals surface area (Å²) in [5, 5.41) is 9.38. The maximum absolute atomic E-state index is 13.3. The van der Waals surface area contributed by atoms with Gasteiger partial charge in [-0.05, 0) is 60.9 Å². The lowest BCUT2D eigenvalue weighted by molar-refractivity contribution is -0.139. The molecule has 3 aromatic rings. The normalized spacial score (nSPS) is 11.5. The summed E-state index contributed by atoms with van der Waals surface area (Å²) >= 11 is 7.82. The summed E-state index contributed by atoms with van der Waals surface area (Å²) < 4.78 is 33.4. The number of halogens is 1. The zero-order chi connectivity index (χ0) is 25.4. The van der Waals surface area contributed by atoms with Gasteiger partial charge in [-0.3, -0.25) is 0 Å². The predicted octanol–water partition coefficient (Wildman–Crippen LogP) is 5.97. The molecule has 0 aliphatic carbocycles. The highest BCUT2D eigenvalue weighted by Crippen LogP contribution is 2.30. The smallest absolute Gasteiger partial charge is 0.341 e. The molecule has 0 spiro atoms. The Hall–Kier alpha value is -2.52. The highest BCUT2D eigenvalue weighted by Gasteiger charge is 2.23. The SMILES string of the molecule is CCCN(CCSc1ccc(OCC(=O)O)c(C)c1)S(=O)(=O)c1ccc(-c2ccccc2Cl)cc1. The van der Waals surface area contributed by atoms with Gasteiger partial charge >= 0.3 is 5.97 Å². The first-order valence-electron chi connectivity index (χ1n) is 11.2. The number of thioether (sulfide) groups is 1. The Morgan fingerprint density at radius 1 is 1.06 bits per heavy atom. The van der Waals surface area contributed by atoms with Crippen LogP contribution in [0.3, 0.4) is 0 Å². The van der Waals surface area contributed by atoms with Crippen LogP contribution in [0.25, 0.3) is 11.1 Å². The molecular weight excluding hydrogens is 506 g/mol. The largest absolute Gasteiger partial charge is 0.482 e. The number of benzene rings is 3. The number of hydrogen-bond donors (Lipinski definition) is 1. The standard InChI is InChI=1S/C26H28ClNO5S2/c1-3-14-28(15-16-34-21-10-13-25(19(2)17-21)33-18-26(29)30)35(31,32)22-11-8-20(9-12-22)23-6-4-5-7-24(23)27/h4-13,17H,3,14-16,18H2,1-2H3,(H,29,30). The van der Waals surface area contributed by atoms with E-state index in [0.717, 1.165) is 21.6 Å². The minimum absolute atomic E-state index is 0.252. The number of ether oxygens (including phenoxy) is 1. The summed E-state index contributed by atoms with van der Waals surface area (Å²) in [4.78, 5) is 11.9. The second kappa shape index (κ2) is 12.4. The summed E-state index contributed by atoms with van der Waals surface area (Å²) in [6, 6.07) is 19.8. The van der Waals surface area contributed by atoms with Crippen LogP contribution in [-0.2, 0) is 14.8 Å². The molecule has 186 valence electrons. The molecule has 0 radical (unpaired) electrons. The fourth-order valence-electron chi connectivity index (χ4n) is 3.53. The van der Waals surface area contributed by atoms with Gasteiger partial charge in [0.05, 0.1) is 4.90 Å². The van der Waals surface area contributed by atoms with Crippen molar-refractivity contribution in [3.8, 4) is 16.9 Å². The number of aliphatic carboxylic acids is 1. The van der Waals surface area contributed by atoms with Gasteiger partial charge in [0.1, 0.15) is 5.75 Å². The lowest BCUT2D eigenvalue weighted by atomic mass is 10.1. The first-order valence-corrected chi connectivity index (χ1v) is 14.0. The number of rotatable bonds is 12. The second-order valence-corrected chi connectivity index (χ2v) is 11.4. The zero-order valence-electron chi connectivity index (χ0n) is 19.6. The predicted molar refractivity (Wildman–Crippen MR) is 141 cm³/mol. The topological polar surface area (TPSA) is 83.9 Å². The number of carboxylic acid groups (broad SMARTS) is 1. The van der Waals surface area contributed by atoms with E-state index in [1.165, 1.54) is 4.31 Å². The van der Waals surface area contributed by atoms with E-state index in [0.29, 0.717) is 36.0 Å². The third-order valence-corrected chi connectivity index (χ3v) is 8.47. The summed E-state index contributed by atoms with van der Waals surface area (Å²) in [5.74, 6) is 0.0665.